The Morgan fingerprint density at radius 3 is 2.43 bits per heavy atom. The zero-order valence-corrected chi connectivity index (χ0v) is 17.7. The second kappa shape index (κ2) is 8.49. The van der Waals surface area contributed by atoms with E-state index in [1.807, 2.05) is 51.1 Å². The predicted octanol–water partition coefficient (Wildman–Crippen LogP) is 5.66. The molecule has 0 spiro atoms. The Balaban J connectivity index is 1.81. The molecule has 0 amide bonds. The van der Waals surface area contributed by atoms with Crippen LogP contribution in [-0.2, 0) is 0 Å². The molecule has 0 aliphatic rings. The van der Waals surface area contributed by atoms with Crippen LogP contribution in [0.25, 0.3) is 27.6 Å². The number of ether oxygens (including phenoxy) is 1. The molecule has 0 saturated heterocycles. The van der Waals surface area contributed by atoms with Crippen LogP contribution >= 0.6 is 0 Å². The van der Waals surface area contributed by atoms with Crippen molar-refractivity contribution in [2.24, 2.45) is 5.41 Å². The van der Waals surface area contributed by atoms with Crippen LogP contribution in [0.1, 0.15) is 26.5 Å². The smallest absolute Gasteiger partial charge is 0.143 e. The van der Waals surface area contributed by atoms with Gasteiger partial charge in [0.15, 0.2) is 0 Å². The number of pyridine rings is 1. The topological polar surface area (TPSA) is 74.6 Å². The highest BCUT2D eigenvalue weighted by atomic mass is 16.5. The number of nitrogens with zero attached hydrogens (tertiary/aromatic N) is 1. The first-order valence-electron chi connectivity index (χ1n) is 9.89. The zero-order chi connectivity index (χ0) is 21.9. The normalized spacial score (nSPS) is 11.3. The van der Waals surface area contributed by atoms with Crippen LogP contribution in [0.15, 0.2) is 67.6 Å². The molecule has 1 heterocycles. The summed E-state index contributed by atoms with van der Waals surface area (Å²) in [6.45, 7) is 14.3. The first-order valence-corrected chi connectivity index (χ1v) is 9.89. The average Bonchev–Trinajstić information content (AvgIpc) is 2.71. The standard InChI is InChI=1S/C25H28N2O3/c1-6-30-22-10-9-18-11-19(7-8-20(18)12-22)21-13-23(29)24(26-14-21)16(2)27-15-25(4,5)17(3)28/h7-14,27-29H,2-3,6,15H2,1,4-5H3. The lowest BCUT2D eigenvalue weighted by atomic mass is 9.91. The minimum atomic E-state index is -0.522. The van der Waals surface area contributed by atoms with Gasteiger partial charge in [0.25, 0.3) is 0 Å². The van der Waals surface area contributed by atoms with Crippen LogP contribution in [-0.4, -0.2) is 28.3 Å². The van der Waals surface area contributed by atoms with Crippen molar-refractivity contribution in [3.8, 4) is 22.6 Å². The molecule has 0 saturated carbocycles. The van der Waals surface area contributed by atoms with E-state index in [0.717, 1.165) is 27.6 Å². The maximum absolute atomic E-state index is 10.5. The van der Waals surface area contributed by atoms with Crippen molar-refractivity contribution in [3.63, 3.8) is 0 Å². The molecule has 3 rings (SSSR count). The number of fused-ring (bicyclic) bond motifs is 1. The number of aliphatic hydroxyl groups is 1. The number of hydrogen-bond donors (Lipinski definition) is 3. The summed E-state index contributed by atoms with van der Waals surface area (Å²) in [5, 5.41) is 25.5. The molecular weight excluding hydrogens is 376 g/mol. The number of rotatable bonds is 8. The van der Waals surface area contributed by atoms with E-state index in [4.69, 9.17) is 4.74 Å². The van der Waals surface area contributed by atoms with Crippen molar-refractivity contribution in [2.45, 2.75) is 20.8 Å². The zero-order valence-electron chi connectivity index (χ0n) is 17.7. The van der Waals surface area contributed by atoms with Gasteiger partial charge in [-0.3, -0.25) is 4.98 Å². The Hall–Kier alpha value is -3.47. The summed E-state index contributed by atoms with van der Waals surface area (Å²) in [5.74, 6) is 0.970. The number of aliphatic hydroxyl groups excluding tert-OH is 1. The number of aromatic hydroxyl groups is 1. The van der Waals surface area contributed by atoms with Gasteiger partial charge in [0.1, 0.15) is 17.2 Å². The molecule has 30 heavy (non-hydrogen) atoms. The van der Waals surface area contributed by atoms with Crippen molar-refractivity contribution in [1.82, 2.24) is 10.3 Å². The minimum Gasteiger partial charge on any atom is -0.512 e. The molecular formula is C25H28N2O3. The first-order chi connectivity index (χ1) is 14.2. The largest absolute Gasteiger partial charge is 0.512 e. The molecule has 1 aromatic heterocycles. The molecule has 3 N–H and O–H groups in total. The van der Waals surface area contributed by atoms with Crippen LogP contribution in [0.2, 0.25) is 0 Å². The maximum atomic E-state index is 10.5. The number of hydrogen-bond acceptors (Lipinski definition) is 5. The van der Waals surface area contributed by atoms with E-state index in [1.54, 1.807) is 12.3 Å². The summed E-state index contributed by atoms with van der Waals surface area (Å²) in [4.78, 5) is 4.40. The van der Waals surface area contributed by atoms with Gasteiger partial charge in [-0.25, -0.2) is 0 Å². The van der Waals surface area contributed by atoms with Crippen molar-refractivity contribution in [3.05, 3.63) is 73.3 Å². The van der Waals surface area contributed by atoms with Crippen LogP contribution in [0, 0.1) is 5.41 Å². The van der Waals surface area contributed by atoms with Crippen molar-refractivity contribution >= 4 is 16.5 Å². The molecule has 0 atom stereocenters. The molecule has 0 aliphatic carbocycles. The highest BCUT2D eigenvalue weighted by molar-refractivity contribution is 5.88. The van der Waals surface area contributed by atoms with E-state index < -0.39 is 5.41 Å². The summed E-state index contributed by atoms with van der Waals surface area (Å²) in [6, 6.07) is 13.8. The van der Waals surface area contributed by atoms with E-state index in [2.05, 4.69) is 29.5 Å². The molecule has 3 aromatic rings. The number of benzene rings is 2. The summed E-state index contributed by atoms with van der Waals surface area (Å²) in [6.07, 6.45) is 1.72. The Morgan fingerprint density at radius 2 is 1.77 bits per heavy atom. The summed E-state index contributed by atoms with van der Waals surface area (Å²) in [5.41, 5.74) is 2.10. The Kier molecular flexibility index (Phi) is 6.01. The highest BCUT2D eigenvalue weighted by Crippen LogP contribution is 2.31. The monoisotopic (exact) mass is 404 g/mol. The molecule has 0 bridgehead atoms. The van der Waals surface area contributed by atoms with E-state index in [0.29, 0.717) is 24.5 Å². The van der Waals surface area contributed by atoms with Gasteiger partial charge < -0.3 is 20.3 Å². The SMILES string of the molecule is C=C(NCC(C)(C)C(=C)O)c1ncc(-c2ccc3cc(OCC)ccc3c2)cc1O. The van der Waals surface area contributed by atoms with Crippen molar-refractivity contribution in [2.75, 3.05) is 13.2 Å². The van der Waals surface area contributed by atoms with E-state index in [9.17, 15) is 10.2 Å². The van der Waals surface area contributed by atoms with Crippen molar-refractivity contribution in [1.29, 1.82) is 0 Å². The van der Waals surface area contributed by atoms with Gasteiger partial charge in [-0.2, -0.15) is 0 Å². The van der Waals surface area contributed by atoms with Gasteiger partial charge in [-0.1, -0.05) is 45.2 Å². The lowest BCUT2D eigenvalue weighted by Gasteiger charge is -2.24. The van der Waals surface area contributed by atoms with Gasteiger partial charge in [0, 0.05) is 23.7 Å². The Morgan fingerprint density at radius 1 is 1.07 bits per heavy atom. The molecule has 2 aromatic carbocycles. The number of aromatic nitrogens is 1. The van der Waals surface area contributed by atoms with Crippen LogP contribution in [0.4, 0.5) is 0 Å². The molecule has 0 unspecified atom stereocenters. The third-order valence-corrected chi connectivity index (χ3v) is 5.13. The van der Waals surface area contributed by atoms with Gasteiger partial charge >= 0.3 is 0 Å². The third kappa shape index (κ3) is 4.57. The van der Waals surface area contributed by atoms with Crippen LogP contribution < -0.4 is 10.1 Å². The summed E-state index contributed by atoms with van der Waals surface area (Å²) < 4.78 is 5.56. The van der Waals surface area contributed by atoms with Gasteiger partial charge in [-0.15, -0.1) is 0 Å². The van der Waals surface area contributed by atoms with Gasteiger partial charge in [0.2, 0.25) is 0 Å². The van der Waals surface area contributed by atoms with Gasteiger partial charge in [-0.05, 0) is 47.5 Å². The predicted molar refractivity (Wildman–Crippen MR) is 123 cm³/mol. The van der Waals surface area contributed by atoms with Crippen molar-refractivity contribution < 1.29 is 14.9 Å². The van der Waals surface area contributed by atoms with Crippen LogP contribution in [0.3, 0.4) is 0 Å². The molecule has 156 valence electrons. The lowest BCUT2D eigenvalue weighted by Crippen LogP contribution is -2.29. The quantitative estimate of drug-likeness (QED) is 0.422. The summed E-state index contributed by atoms with van der Waals surface area (Å²) in [7, 11) is 0. The fourth-order valence-electron chi connectivity index (χ4n) is 3.02. The number of nitrogens with one attached hydrogen (secondary N) is 1. The van der Waals surface area contributed by atoms with Crippen LogP contribution in [0.5, 0.6) is 11.5 Å². The first kappa shape index (κ1) is 21.2. The fourth-order valence-corrected chi connectivity index (χ4v) is 3.02. The molecule has 0 fully saturated rings. The second-order valence-corrected chi connectivity index (χ2v) is 7.91. The Bertz CT molecular complexity index is 1100. The summed E-state index contributed by atoms with van der Waals surface area (Å²) >= 11 is 0. The minimum absolute atomic E-state index is 0.0393. The second-order valence-electron chi connectivity index (χ2n) is 7.91. The lowest BCUT2D eigenvalue weighted by molar-refractivity contribution is 0.259. The van der Waals surface area contributed by atoms with Gasteiger partial charge in [0.05, 0.1) is 18.1 Å². The molecule has 5 nitrogen and oxygen atoms in total. The molecule has 5 heteroatoms. The maximum Gasteiger partial charge on any atom is 0.143 e. The van der Waals surface area contributed by atoms with E-state index >= 15 is 0 Å². The average molecular weight is 405 g/mol. The third-order valence-electron chi connectivity index (χ3n) is 5.13. The fraction of sp³-hybridized carbons (Fsp3) is 0.240. The molecule has 0 radical (unpaired) electrons. The Labute approximate surface area is 177 Å². The highest BCUT2D eigenvalue weighted by Gasteiger charge is 2.22. The molecule has 0 aliphatic heterocycles. The van der Waals surface area contributed by atoms with E-state index in [-0.39, 0.29) is 11.5 Å². The van der Waals surface area contributed by atoms with E-state index in [1.165, 1.54) is 0 Å².